The molecular formula is C12H19N3O4. The molecule has 1 aromatic heterocycles. The normalized spacial score (nSPS) is 11.9. The smallest absolute Gasteiger partial charge is 0.404 e. The number of rotatable bonds is 7. The molecule has 2 amide bonds. The number of primary amides is 1. The molecule has 0 aliphatic rings. The quantitative estimate of drug-likeness (QED) is 0.777. The Morgan fingerprint density at radius 2 is 2.32 bits per heavy atom. The van der Waals surface area contributed by atoms with Crippen LogP contribution in [0.1, 0.15) is 42.4 Å². The van der Waals surface area contributed by atoms with E-state index in [1.54, 1.807) is 13.0 Å². The van der Waals surface area contributed by atoms with Gasteiger partial charge in [-0.3, -0.25) is 4.79 Å². The van der Waals surface area contributed by atoms with Crippen LogP contribution in [0.4, 0.5) is 4.79 Å². The highest BCUT2D eigenvalue weighted by molar-refractivity contribution is 5.92. The van der Waals surface area contributed by atoms with E-state index in [4.69, 9.17) is 15.0 Å². The summed E-state index contributed by atoms with van der Waals surface area (Å²) in [4.78, 5) is 22.5. The largest absolute Gasteiger partial charge is 0.448 e. The van der Waals surface area contributed by atoms with Crippen LogP contribution in [0.15, 0.2) is 10.6 Å². The maximum atomic E-state index is 11.9. The standard InChI is InChI=1S/C12H19N3O4/c1-3-4-5-9(7-18-12(13)17)14-11(16)10-6-8(2)19-15-10/h6,9H,3-5,7H2,1-2H3,(H2,13,17)(H,14,16). The maximum Gasteiger partial charge on any atom is 0.404 e. The van der Waals surface area contributed by atoms with Gasteiger partial charge in [0.1, 0.15) is 12.4 Å². The molecule has 19 heavy (non-hydrogen) atoms. The van der Waals surface area contributed by atoms with E-state index < -0.39 is 6.09 Å². The summed E-state index contributed by atoms with van der Waals surface area (Å²) < 4.78 is 9.55. The van der Waals surface area contributed by atoms with E-state index in [1.807, 2.05) is 6.92 Å². The van der Waals surface area contributed by atoms with Crippen LogP contribution in [0.5, 0.6) is 0 Å². The molecule has 3 N–H and O–H groups in total. The van der Waals surface area contributed by atoms with Crippen LogP contribution >= 0.6 is 0 Å². The molecule has 0 aliphatic heterocycles. The average molecular weight is 269 g/mol. The molecule has 7 nitrogen and oxygen atoms in total. The van der Waals surface area contributed by atoms with E-state index in [0.29, 0.717) is 12.2 Å². The van der Waals surface area contributed by atoms with Crippen LogP contribution in [0.25, 0.3) is 0 Å². The number of unbranched alkanes of at least 4 members (excludes halogenated alkanes) is 1. The maximum absolute atomic E-state index is 11.9. The second kappa shape index (κ2) is 7.40. The van der Waals surface area contributed by atoms with Gasteiger partial charge in [0, 0.05) is 6.07 Å². The molecule has 1 aromatic rings. The lowest BCUT2D eigenvalue weighted by Gasteiger charge is -2.17. The Balaban J connectivity index is 2.54. The molecule has 0 aliphatic carbocycles. The Labute approximate surface area is 111 Å². The lowest BCUT2D eigenvalue weighted by molar-refractivity contribution is 0.0884. The predicted octanol–water partition coefficient (Wildman–Crippen LogP) is 1.37. The number of aromatic nitrogens is 1. The highest BCUT2D eigenvalue weighted by Crippen LogP contribution is 2.05. The van der Waals surface area contributed by atoms with Crippen molar-refractivity contribution in [3.63, 3.8) is 0 Å². The minimum Gasteiger partial charge on any atom is -0.448 e. The third kappa shape index (κ3) is 5.41. The lowest BCUT2D eigenvalue weighted by Crippen LogP contribution is -2.39. The summed E-state index contributed by atoms with van der Waals surface area (Å²) in [6.45, 7) is 3.79. The first-order valence-corrected chi connectivity index (χ1v) is 6.19. The number of hydrogen-bond acceptors (Lipinski definition) is 5. The summed E-state index contributed by atoms with van der Waals surface area (Å²) in [6, 6.07) is 1.26. The fraction of sp³-hybridized carbons (Fsp3) is 0.583. The van der Waals surface area contributed by atoms with Crippen molar-refractivity contribution in [2.24, 2.45) is 5.73 Å². The number of carbonyl (C=O) groups excluding carboxylic acids is 2. The molecule has 0 spiro atoms. The fourth-order valence-corrected chi connectivity index (χ4v) is 1.56. The number of aryl methyl sites for hydroxylation is 1. The van der Waals surface area contributed by atoms with Crippen molar-refractivity contribution in [1.82, 2.24) is 10.5 Å². The predicted molar refractivity (Wildman–Crippen MR) is 67.6 cm³/mol. The second-order valence-corrected chi connectivity index (χ2v) is 4.27. The molecule has 0 fully saturated rings. The van der Waals surface area contributed by atoms with E-state index in [1.165, 1.54) is 0 Å². The molecule has 1 rings (SSSR count). The van der Waals surface area contributed by atoms with Gasteiger partial charge in [0.2, 0.25) is 0 Å². The minimum atomic E-state index is -0.854. The van der Waals surface area contributed by atoms with Crippen molar-refractivity contribution in [2.45, 2.75) is 39.2 Å². The van der Waals surface area contributed by atoms with Crippen molar-refractivity contribution >= 4 is 12.0 Å². The molecule has 0 radical (unpaired) electrons. The fourth-order valence-electron chi connectivity index (χ4n) is 1.56. The Bertz CT molecular complexity index is 430. The molecule has 0 saturated carbocycles. The number of carbonyl (C=O) groups is 2. The number of nitrogens with two attached hydrogens (primary N) is 1. The van der Waals surface area contributed by atoms with E-state index >= 15 is 0 Å². The molecule has 0 aromatic carbocycles. The van der Waals surface area contributed by atoms with Gasteiger partial charge in [0.25, 0.3) is 5.91 Å². The van der Waals surface area contributed by atoms with Crippen molar-refractivity contribution in [3.05, 3.63) is 17.5 Å². The second-order valence-electron chi connectivity index (χ2n) is 4.27. The van der Waals surface area contributed by atoms with Crippen LogP contribution in [0.2, 0.25) is 0 Å². The number of hydrogen-bond donors (Lipinski definition) is 2. The Kier molecular flexibility index (Phi) is 5.84. The van der Waals surface area contributed by atoms with Gasteiger partial charge in [-0.1, -0.05) is 24.9 Å². The first-order valence-electron chi connectivity index (χ1n) is 6.19. The van der Waals surface area contributed by atoms with Gasteiger partial charge in [-0.05, 0) is 13.3 Å². The highest BCUT2D eigenvalue weighted by Gasteiger charge is 2.17. The molecule has 106 valence electrons. The van der Waals surface area contributed by atoms with Gasteiger partial charge in [-0.25, -0.2) is 4.79 Å². The van der Waals surface area contributed by atoms with E-state index in [-0.39, 0.29) is 24.2 Å². The SMILES string of the molecule is CCCCC(COC(N)=O)NC(=O)c1cc(C)on1. The van der Waals surface area contributed by atoms with E-state index in [0.717, 1.165) is 12.8 Å². The number of nitrogens with one attached hydrogen (secondary N) is 1. The molecule has 1 unspecified atom stereocenters. The van der Waals surface area contributed by atoms with Gasteiger partial charge in [0.15, 0.2) is 5.69 Å². The minimum absolute atomic E-state index is 0.0535. The van der Waals surface area contributed by atoms with E-state index in [2.05, 4.69) is 10.5 Å². The van der Waals surface area contributed by atoms with Gasteiger partial charge < -0.3 is 20.3 Å². The van der Waals surface area contributed by atoms with Crippen molar-refractivity contribution in [2.75, 3.05) is 6.61 Å². The van der Waals surface area contributed by atoms with Crippen LogP contribution < -0.4 is 11.1 Å². The van der Waals surface area contributed by atoms with Crippen molar-refractivity contribution in [1.29, 1.82) is 0 Å². The number of ether oxygens (including phenoxy) is 1. The molecule has 7 heteroatoms. The molecule has 0 saturated heterocycles. The third-order valence-corrected chi connectivity index (χ3v) is 2.53. The summed E-state index contributed by atoms with van der Waals surface area (Å²) in [5, 5.41) is 6.37. The van der Waals surface area contributed by atoms with Crippen LogP contribution in [-0.4, -0.2) is 29.8 Å². The first-order chi connectivity index (χ1) is 9.02. The lowest BCUT2D eigenvalue weighted by atomic mass is 10.1. The number of nitrogens with zero attached hydrogens (tertiary/aromatic N) is 1. The molecule has 0 bridgehead atoms. The van der Waals surface area contributed by atoms with Crippen LogP contribution in [-0.2, 0) is 4.74 Å². The monoisotopic (exact) mass is 269 g/mol. The zero-order valence-corrected chi connectivity index (χ0v) is 11.1. The van der Waals surface area contributed by atoms with Crippen molar-refractivity contribution < 1.29 is 18.8 Å². The number of amides is 2. The van der Waals surface area contributed by atoms with Gasteiger partial charge in [-0.2, -0.15) is 0 Å². The molecular weight excluding hydrogens is 250 g/mol. The summed E-state index contributed by atoms with van der Waals surface area (Å²) in [5.74, 6) is 0.203. The Hall–Kier alpha value is -2.05. The Morgan fingerprint density at radius 1 is 1.58 bits per heavy atom. The van der Waals surface area contributed by atoms with Gasteiger partial charge in [-0.15, -0.1) is 0 Å². The summed E-state index contributed by atoms with van der Waals surface area (Å²) in [5.41, 5.74) is 5.12. The molecule has 1 atom stereocenters. The van der Waals surface area contributed by atoms with Gasteiger partial charge in [0.05, 0.1) is 6.04 Å². The topological polar surface area (TPSA) is 107 Å². The average Bonchev–Trinajstić information content (AvgIpc) is 2.79. The summed E-state index contributed by atoms with van der Waals surface area (Å²) >= 11 is 0. The summed E-state index contributed by atoms with van der Waals surface area (Å²) in [7, 11) is 0. The van der Waals surface area contributed by atoms with Crippen LogP contribution in [0.3, 0.4) is 0 Å². The molecule has 1 heterocycles. The van der Waals surface area contributed by atoms with Crippen molar-refractivity contribution in [3.8, 4) is 0 Å². The van der Waals surface area contributed by atoms with E-state index in [9.17, 15) is 9.59 Å². The zero-order valence-electron chi connectivity index (χ0n) is 11.1. The summed E-state index contributed by atoms with van der Waals surface area (Å²) in [6.07, 6.45) is 1.73. The first kappa shape index (κ1) is 15.0. The third-order valence-electron chi connectivity index (χ3n) is 2.53. The Morgan fingerprint density at radius 3 is 2.84 bits per heavy atom. The zero-order chi connectivity index (χ0) is 14.3. The van der Waals surface area contributed by atoms with Gasteiger partial charge >= 0.3 is 6.09 Å². The van der Waals surface area contributed by atoms with Crippen LogP contribution in [0, 0.1) is 6.92 Å². The highest BCUT2D eigenvalue weighted by atomic mass is 16.5.